The fraction of sp³-hybridized carbons (Fsp3) is 0.500. The Morgan fingerprint density at radius 1 is 1.29 bits per heavy atom. The quantitative estimate of drug-likeness (QED) is 0.817. The summed E-state index contributed by atoms with van der Waals surface area (Å²) in [6.07, 6.45) is 0.848. The summed E-state index contributed by atoms with van der Waals surface area (Å²) in [4.78, 5) is 25.6. The van der Waals surface area contributed by atoms with Gasteiger partial charge < -0.3 is 15.0 Å². The van der Waals surface area contributed by atoms with Gasteiger partial charge in [0.25, 0.3) is 0 Å². The van der Waals surface area contributed by atoms with Crippen molar-refractivity contribution in [3.8, 4) is 0 Å². The minimum absolute atomic E-state index is 0.0796. The van der Waals surface area contributed by atoms with E-state index in [4.69, 9.17) is 4.74 Å². The number of ether oxygens (including phenoxy) is 1. The highest BCUT2D eigenvalue weighted by atomic mass is 16.5. The van der Waals surface area contributed by atoms with Gasteiger partial charge in [-0.3, -0.25) is 4.79 Å². The Bertz CT molecular complexity index is 512. The Labute approximate surface area is 126 Å². The lowest BCUT2D eigenvalue weighted by atomic mass is 10.0. The normalized spacial score (nSPS) is 10.9. The number of likely N-dealkylation sites (N-methyl/N-ethyl adjacent to an activating group) is 1. The van der Waals surface area contributed by atoms with Crippen LogP contribution in [0.2, 0.25) is 0 Å². The highest BCUT2D eigenvalue weighted by molar-refractivity contribution is 5.96. The van der Waals surface area contributed by atoms with Crippen LogP contribution in [0.1, 0.15) is 37.6 Å². The van der Waals surface area contributed by atoms with Crippen LogP contribution in [-0.4, -0.2) is 38.1 Å². The van der Waals surface area contributed by atoms with E-state index in [0.29, 0.717) is 11.3 Å². The molecule has 0 aliphatic carbocycles. The molecular weight excluding hydrogens is 268 g/mol. The number of methoxy groups -OCH3 is 1. The number of anilines is 1. The van der Waals surface area contributed by atoms with E-state index < -0.39 is 5.97 Å². The van der Waals surface area contributed by atoms with E-state index in [1.54, 1.807) is 30.1 Å². The van der Waals surface area contributed by atoms with Crippen molar-refractivity contribution in [2.75, 3.05) is 25.6 Å². The van der Waals surface area contributed by atoms with E-state index in [9.17, 15) is 9.59 Å². The van der Waals surface area contributed by atoms with Crippen LogP contribution in [0, 0.1) is 0 Å². The number of benzene rings is 1. The van der Waals surface area contributed by atoms with E-state index in [1.807, 2.05) is 26.8 Å². The molecule has 5 heteroatoms. The predicted octanol–water partition coefficient (Wildman–Crippen LogP) is 2.21. The molecule has 0 aliphatic heterocycles. The maximum absolute atomic E-state index is 12.1. The number of nitrogens with zero attached hydrogens (tertiary/aromatic N) is 1. The van der Waals surface area contributed by atoms with Crippen LogP contribution < -0.4 is 10.2 Å². The summed E-state index contributed by atoms with van der Waals surface area (Å²) in [5.41, 5.74) is 0.888. The third kappa shape index (κ3) is 4.77. The maximum Gasteiger partial charge on any atom is 0.339 e. The zero-order chi connectivity index (χ0) is 16.0. The van der Waals surface area contributed by atoms with Gasteiger partial charge in [-0.05, 0) is 32.4 Å². The lowest BCUT2D eigenvalue weighted by Gasteiger charge is -2.27. The highest BCUT2D eigenvalue weighted by Gasteiger charge is 2.20. The second kappa shape index (κ2) is 7.11. The van der Waals surface area contributed by atoms with Crippen molar-refractivity contribution in [2.45, 2.75) is 32.7 Å². The summed E-state index contributed by atoms with van der Waals surface area (Å²) >= 11 is 0. The van der Waals surface area contributed by atoms with Crippen molar-refractivity contribution in [1.29, 1.82) is 0 Å². The first kappa shape index (κ1) is 17.0. The number of para-hydroxylation sites is 1. The molecule has 0 spiro atoms. The Balaban J connectivity index is 2.83. The molecular formula is C16H24N2O3. The summed E-state index contributed by atoms with van der Waals surface area (Å²) in [5.74, 6) is -0.490. The van der Waals surface area contributed by atoms with Crippen molar-refractivity contribution in [2.24, 2.45) is 0 Å². The fourth-order valence-electron chi connectivity index (χ4n) is 1.89. The van der Waals surface area contributed by atoms with Gasteiger partial charge in [0.1, 0.15) is 0 Å². The van der Waals surface area contributed by atoms with Crippen LogP contribution in [0.5, 0.6) is 0 Å². The third-order valence-electron chi connectivity index (χ3n) is 3.46. The second-order valence-electron chi connectivity index (χ2n) is 5.65. The third-order valence-corrected chi connectivity index (χ3v) is 3.46. The monoisotopic (exact) mass is 292 g/mol. The van der Waals surface area contributed by atoms with Gasteiger partial charge in [-0.15, -0.1) is 0 Å². The Morgan fingerprint density at radius 2 is 1.90 bits per heavy atom. The molecule has 0 radical (unpaired) electrons. The van der Waals surface area contributed by atoms with Gasteiger partial charge in [0, 0.05) is 12.6 Å². The average molecular weight is 292 g/mol. The van der Waals surface area contributed by atoms with E-state index >= 15 is 0 Å². The zero-order valence-electron chi connectivity index (χ0n) is 13.4. The minimum Gasteiger partial charge on any atom is -0.465 e. The second-order valence-corrected chi connectivity index (χ2v) is 5.65. The largest absolute Gasteiger partial charge is 0.465 e. The standard InChI is InChI=1S/C16H24N2O3/c1-6-16(2,3)17-14(19)11-18(4)13-10-8-7-9-12(13)15(20)21-5/h7-10H,6,11H2,1-5H3,(H,17,19). The number of rotatable bonds is 6. The molecule has 1 amide bonds. The van der Waals surface area contributed by atoms with Crippen molar-refractivity contribution < 1.29 is 14.3 Å². The first-order chi connectivity index (χ1) is 9.80. The molecule has 116 valence electrons. The van der Waals surface area contributed by atoms with E-state index in [1.165, 1.54) is 7.11 Å². The van der Waals surface area contributed by atoms with Crippen LogP contribution in [0.15, 0.2) is 24.3 Å². The minimum atomic E-state index is -0.410. The Kier molecular flexibility index (Phi) is 5.76. The molecule has 0 aromatic heterocycles. The van der Waals surface area contributed by atoms with Crippen molar-refractivity contribution in [3.05, 3.63) is 29.8 Å². The van der Waals surface area contributed by atoms with Gasteiger partial charge in [0.15, 0.2) is 0 Å². The summed E-state index contributed by atoms with van der Waals surface area (Å²) < 4.78 is 4.76. The first-order valence-electron chi connectivity index (χ1n) is 7.00. The molecule has 1 aromatic carbocycles. The summed E-state index contributed by atoms with van der Waals surface area (Å²) in [5, 5.41) is 2.97. The number of carbonyl (C=O) groups is 2. The molecule has 1 N–H and O–H groups in total. The molecule has 0 bridgehead atoms. The topological polar surface area (TPSA) is 58.6 Å². The zero-order valence-corrected chi connectivity index (χ0v) is 13.4. The van der Waals surface area contributed by atoms with Gasteiger partial charge in [-0.2, -0.15) is 0 Å². The number of hydrogen-bond donors (Lipinski definition) is 1. The van der Waals surface area contributed by atoms with Crippen LogP contribution in [0.25, 0.3) is 0 Å². The molecule has 0 heterocycles. The maximum atomic E-state index is 12.1. The molecule has 0 saturated heterocycles. The highest BCUT2D eigenvalue weighted by Crippen LogP contribution is 2.19. The van der Waals surface area contributed by atoms with Crippen LogP contribution in [0.4, 0.5) is 5.69 Å². The number of nitrogens with one attached hydrogen (secondary N) is 1. The molecule has 21 heavy (non-hydrogen) atoms. The van der Waals surface area contributed by atoms with Gasteiger partial charge in [-0.25, -0.2) is 4.79 Å². The summed E-state index contributed by atoms with van der Waals surface area (Å²) in [6.45, 7) is 6.16. The summed E-state index contributed by atoms with van der Waals surface area (Å²) in [6, 6.07) is 7.08. The van der Waals surface area contributed by atoms with E-state index in [0.717, 1.165) is 6.42 Å². The molecule has 0 unspecified atom stereocenters. The molecule has 1 rings (SSSR count). The van der Waals surface area contributed by atoms with Crippen LogP contribution >= 0.6 is 0 Å². The SMILES string of the molecule is CCC(C)(C)NC(=O)CN(C)c1ccccc1C(=O)OC. The number of esters is 1. The number of hydrogen-bond acceptors (Lipinski definition) is 4. The summed E-state index contributed by atoms with van der Waals surface area (Å²) in [7, 11) is 3.12. The van der Waals surface area contributed by atoms with Gasteiger partial charge >= 0.3 is 5.97 Å². The van der Waals surface area contributed by atoms with Gasteiger partial charge in [0.05, 0.1) is 24.9 Å². The molecule has 1 aromatic rings. The fourth-order valence-corrected chi connectivity index (χ4v) is 1.89. The van der Waals surface area contributed by atoms with E-state index in [-0.39, 0.29) is 18.0 Å². The lowest BCUT2D eigenvalue weighted by molar-refractivity contribution is -0.121. The first-order valence-corrected chi connectivity index (χ1v) is 7.00. The molecule has 0 atom stereocenters. The molecule has 0 saturated carbocycles. The Morgan fingerprint density at radius 3 is 2.48 bits per heavy atom. The number of amides is 1. The van der Waals surface area contributed by atoms with E-state index in [2.05, 4.69) is 5.32 Å². The lowest BCUT2D eigenvalue weighted by Crippen LogP contribution is -2.47. The van der Waals surface area contributed by atoms with Gasteiger partial charge in [0.2, 0.25) is 5.91 Å². The van der Waals surface area contributed by atoms with Gasteiger partial charge in [-0.1, -0.05) is 19.1 Å². The molecule has 5 nitrogen and oxygen atoms in total. The van der Waals surface area contributed by atoms with Crippen LogP contribution in [0.3, 0.4) is 0 Å². The number of carbonyl (C=O) groups excluding carboxylic acids is 2. The van der Waals surface area contributed by atoms with Crippen LogP contribution in [-0.2, 0) is 9.53 Å². The Hall–Kier alpha value is -2.04. The average Bonchev–Trinajstić information content (AvgIpc) is 2.45. The van der Waals surface area contributed by atoms with Crippen molar-refractivity contribution >= 4 is 17.6 Å². The van der Waals surface area contributed by atoms with Crippen molar-refractivity contribution in [1.82, 2.24) is 5.32 Å². The molecule has 0 fully saturated rings. The predicted molar refractivity (Wildman–Crippen MR) is 83.6 cm³/mol. The smallest absolute Gasteiger partial charge is 0.339 e. The van der Waals surface area contributed by atoms with Crippen molar-refractivity contribution in [3.63, 3.8) is 0 Å². The molecule has 0 aliphatic rings.